The van der Waals surface area contributed by atoms with Crippen molar-refractivity contribution in [2.75, 3.05) is 12.4 Å². The Balaban J connectivity index is -0.000000605. The second-order valence-electron chi connectivity index (χ2n) is 2.61. The maximum atomic E-state index is 10.9. The van der Waals surface area contributed by atoms with E-state index in [1.54, 1.807) is 0 Å². The number of halogens is 1. The zero-order valence-electron chi connectivity index (χ0n) is 8.51. The number of carbonyl (C=O) groups is 1. The van der Waals surface area contributed by atoms with Gasteiger partial charge in [0.25, 0.3) is 0 Å². The standard InChI is InChI=1S/C9H17O2S.HI.Zn/c1-2-3-4-6-9(10)11-7-5-8-12;;/h12H,1-8H2;1H;/q-1;;+2/p-1. The molecule has 0 bridgehead atoms. The van der Waals surface area contributed by atoms with Gasteiger partial charge in [0.1, 0.15) is 0 Å². The molecule has 0 amide bonds. The average molecular weight is 382 g/mol. The average Bonchev–Trinajstić information content (AvgIpc) is 2.06. The van der Waals surface area contributed by atoms with Crippen molar-refractivity contribution in [3.05, 3.63) is 6.92 Å². The van der Waals surface area contributed by atoms with Gasteiger partial charge < -0.3 is 35.6 Å². The summed E-state index contributed by atoms with van der Waals surface area (Å²) in [5.41, 5.74) is 0. The van der Waals surface area contributed by atoms with Crippen molar-refractivity contribution in [1.82, 2.24) is 0 Å². The van der Waals surface area contributed by atoms with Gasteiger partial charge in [0, 0.05) is 6.42 Å². The van der Waals surface area contributed by atoms with Crippen molar-refractivity contribution >= 4 is 18.6 Å². The third-order valence-corrected chi connectivity index (χ3v) is 1.76. The van der Waals surface area contributed by atoms with Crippen LogP contribution in [0, 0.1) is 6.92 Å². The summed E-state index contributed by atoms with van der Waals surface area (Å²) in [7, 11) is 0. The van der Waals surface area contributed by atoms with Gasteiger partial charge in [-0.15, -0.1) is 0 Å². The maximum Gasteiger partial charge on any atom is 2.00 e. The van der Waals surface area contributed by atoms with Gasteiger partial charge in [-0.2, -0.15) is 19.0 Å². The summed E-state index contributed by atoms with van der Waals surface area (Å²) in [5.74, 6) is 0.678. The summed E-state index contributed by atoms with van der Waals surface area (Å²) in [4.78, 5) is 10.9. The fourth-order valence-electron chi connectivity index (χ4n) is 0.769. The van der Waals surface area contributed by atoms with E-state index < -0.39 is 0 Å². The minimum absolute atomic E-state index is 0. The minimum Gasteiger partial charge on any atom is -1.00 e. The molecule has 0 saturated heterocycles. The van der Waals surface area contributed by atoms with Crippen molar-refractivity contribution in [2.24, 2.45) is 0 Å². The van der Waals surface area contributed by atoms with E-state index in [1.165, 1.54) is 0 Å². The van der Waals surface area contributed by atoms with Gasteiger partial charge in [-0.1, -0.05) is 6.42 Å². The summed E-state index contributed by atoms with van der Waals surface area (Å²) in [5, 5.41) is 0. The minimum atomic E-state index is -0.0924. The molecule has 0 spiro atoms. The largest absolute Gasteiger partial charge is 2.00 e. The van der Waals surface area contributed by atoms with Crippen LogP contribution in [-0.2, 0) is 29.0 Å². The van der Waals surface area contributed by atoms with Crippen LogP contribution in [0.25, 0.3) is 0 Å². The molecule has 0 aliphatic heterocycles. The van der Waals surface area contributed by atoms with E-state index in [-0.39, 0.29) is 49.4 Å². The molecule has 0 saturated carbocycles. The topological polar surface area (TPSA) is 26.3 Å². The molecule has 0 fully saturated rings. The molecule has 0 aromatic heterocycles. The molecule has 0 aromatic rings. The summed E-state index contributed by atoms with van der Waals surface area (Å²) in [6.07, 6.45) is 4.15. The maximum absolute atomic E-state index is 10.9. The van der Waals surface area contributed by atoms with E-state index in [2.05, 4.69) is 19.6 Å². The molecule has 0 heterocycles. The Bertz CT molecular complexity index is 113. The Labute approximate surface area is 122 Å². The van der Waals surface area contributed by atoms with Gasteiger partial charge in [-0.05, 0) is 18.6 Å². The van der Waals surface area contributed by atoms with Crippen molar-refractivity contribution in [2.45, 2.75) is 32.1 Å². The number of rotatable bonds is 7. The van der Waals surface area contributed by atoms with Crippen LogP contribution in [0.15, 0.2) is 0 Å². The van der Waals surface area contributed by atoms with Gasteiger partial charge in [0.05, 0.1) is 6.61 Å². The van der Waals surface area contributed by atoms with E-state index in [0.717, 1.165) is 31.4 Å². The van der Waals surface area contributed by atoms with Gasteiger partial charge in [0.15, 0.2) is 0 Å². The van der Waals surface area contributed by atoms with Crippen molar-refractivity contribution in [3.8, 4) is 0 Å². The van der Waals surface area contributed by atoms with E-state index >= 15 is 0 Å². The number of hydrogen-bond acceptors (Lipinski definition) is 3. The SMILES string of the molecule is [CH2-]CCCCC(=O)OCCCS.[I-].[Zn+2]. The van der Waals surface area contributed by atoms with Crippen LogP contribution in [0.2, 0.25) is 0 Å². The first-order chi connectivity index (χ1) is 5.81. The predicted octanol–water partition coefficient (Wildman–Crippen LogP) is -0.755. The molecule has 14 heavy (non-hydrogen) atoms. The Morgan fingerprint density at radius 2 is 1.93 bits per heavy atom. The number of unbranched alkanes of at least 4 members (excludes halogenated alkanes) is 2. The van der Waals surface area contributed by atoms with E-state index in [1.807, 2.05) is 0 Å². The second kappa shape index (κ2) is 16.6. The summed E-state index contributed by atoms with van der Waals surface area (Å²) >= 11 is 4.01. The van der Waals surface area contributed by atoms with Crippen LogP contribution in [0.4, 0.5) is 0 Å². The van der Waals surface area contributed by atoms with Gasteiger partial charge in [-0.25, -0.2) is 0 Å². The molecule has 5 heteroatoms. The molecular weight excluding hydrogens is 364 g/mol. The molecule has 0 aromatic carbocycles. The van der Waals surface area contributed by atoms with Crippen LogP contribution < -0.4 is 24.0 Å². The molecule has 2 nitrogen and oxygen atoms in total. The third-order valence-electron chi connectivity index (χ3n) is 1.45. The molecule has 0 aliphatic carbocycles. The fraction of sp³-hybridized carbons (Fsp3) is 0.778. The molecule has 0 unspecified atom stereocenters. The monoisotopic (exact) mass is 380 g/mol. The van der Waals surface area contributed by atoms with Crippen LogP contribution in [0.5, 0.6) is 0 Å². The van der Waals surface area contributed by atoms with Crippen molar-refractivity contribution in [1.29, 1.82) is 0 Å². The number of carbonyl (C=O) groups excluding carboxylic acids is 1. The Morgan fingerprint density at radius 1 is 1.29 bits per heavy atom. The third kappa shape index (κ3) is 15.6. The number of ether oxygens (including phenoxy) is 1. The van der Waals surface area contributed by atoms with E-state index in [9.17, 15) is 4.79 Å². The van der Waals surface area contributed by atoms with Gasteiger partial charge in [-0.3, -0.25) is 4.79 Å². The Hall–Kier alpha value is 1.17. The summed E-state index contributed by atoms with van der Waals surface area (Å²) in [6.45, 7) is 4.20. The number of esters is 1. The zero-order valence-corrected chi connectivity index (χ0v) is 14.5. The fourth-order valence-corrected chi connectivity index (χ4v) is 0.898. The van der Waals surface area contributed by atoms with E-state index in [0.29, 0.717) is 13.0 Å². The quantitative estimate of drug-likeness (QED) is 0.157. The zero-order chi connectivity index (χ0) is 9.23. The van der Waals surface area contributed by atoms with Gasteiger partial charge >= 0.3 is 25.4 Å². The molecular formula is C9H17IO2SZn. The number of hydrogen-bond donors (Lipinski definition) is 1. The van der Waals surface area contributed by atoms with Crippen molar-refractivity contribution < 1.29 is 53.0 Å². The predicted molar refractivity (Wildman–Crippen MR) is 53.3 cm³/mol. The first-order valence-electron chi connectivity index (χ1n) is 4.37. The Morgan fingerprint density at radius 3 is 2.43 bits per heavy atom. The molecule has 0 aliphatic rings. The summed E-state index contributed by atoms with van der Waals surface area (Å²) < 4.78 is 4.92. The van der Waals surface area contributed by atoms with Crippen LogP contribution in [0.1, 0.15) is 32.1 Å². The van der Waals surface area contributed by atoms with E-state index in [4.69, 9.17) is 4.74 Å². The van der Waals surface area contributed by atoms with Crippen LogP contribution in [-0.4, -0.2) is 18.3 Å². The first-order valence-corrected chi connectivity index (χ1v) is 5.00. The Kier molecular flexibility index (Phi) is 24.4. The molecule has 80 valence electrons. The second-order valence-corrected chi connectivity index (χ2v) is 3.06. The van der Waals surface area contributed by atoms with Crippen LogP contribution >= 0.6 is 12.6 Å². The molecule has 0 radical (unpaired) electrons. The molecule has 0 atom stereocenters. The van der Waals surface area contributed by atoms with Crippen molar-refractivity contribution in [3.63, 3.8) is 0 Å². The first kappa shape index (κ1) is 20.6. The summed E-state index contributed by atoms with van der Waals surface area (Å²) in [6, 6.07) is 0. The smallest absolute Gasteiger partial charge is 1.00 e. The number of thiol groups is 1. The molecule has 0 N–H and O–H groups in total. The molecule has 0 rings (SSSR count). The van der Waals surface area contributed by atoms with Crippen LogP contribution in [0.3, 0.4) is 0 Å². The van der Waals surface area contributed by atoms with Gasteiger partial charge in [0.2, 0.25) is 0 Å². The normalized spacial score (nSPS) is 8.43.